The van der Waals surface area contributed by atoms with Crippen LogP contribution in [0.2, 0.25) is 0 Å². The van der Waals surface area contributed by atoms with Gasteiger partial charge in [-0.3, -0.25) is 0 Å². The number of sulfonamides is 1. The van der Waals surface area contributed by atoms with E-state index in [4.69, 9.17) is 4.74 Å². The monoisotopic (exact) mass is 249 g/mol. The van der Waals surface area contributed by atoms with Crippen LogP contribution in [0.5, 0.6) is 0 Å². The number of rotatable bonds is 3. The standard InChI is InChI=1S/C8H15N3O4S/c1-2-16(13,14)11-8(12)9-7(10-11)6-4-3-5-15-6/h6-7,10H,2-5H2,1H3,(H,9,12). The van der Waals surface area contributed by atoms with Crippen LogP contribution in [0.25, 0.3) is 0 Å². The van der Waals surface area contributed by atoms with E-state index >= 15 is 0 Å². The fraction of sp³-hybridized carbons (Fsp3) is 0.875. The molecule has 8 heteroatoms. The van der Waals surface area contributed by atoms with Crippen LogP contribution in [-0.2, 0) is 14.8 Å². The summed E-state index contributed by atoms with van der Waals surface area (Å²) in [6.07, 6.45) is 1.15. The number of nitrogens with zero attached hydrogens (tertiary/aromatic N) is 1. The zero-order valence-electron chi connectivity index (χ0n) is 8.97. The maximum Gasteiger partial charge on any atom is 0.347 e. The predicted molar refractivity (Wildman–Crippen MR) is 55.7 cm³/mol. The SMILES string of the molecule is CCS(=O)(=O)N1NC(C2CCCO2)NC1=O. The third-order valence-corrected chi connectivity index (χ3v) is 4.26. The van der Waals surface area contributed by atoms with Crippen molar-refractivity contribution in [2.45, 2.75) is 32.0 Å². The summed E-state index contributed by atoms with van der Waals surface area (Å²) >= 11 is 0. The fourth-order valence-electron chi connectivity index (χ4n) is 1.79. The van der Waals surface area contributed by atoms with Crippen molar-refractivity contribution >= 4 is 16.1 Å². The first kappa shape index (κ1) is 11.6. The summed E-state index contributed by atoms with van der Waals surface area (Å²) in [6, 6.07) is -0.637. The molecule has 2 fully saturated rings. The zero-order valence-corrected chi connectivity index (χ0v) is 9.79. The molecule has 2 heterocycles. The normalized spacial score (nSPS) is 30.8. The maximum absolute atomic E-state index is 11.5. The van der Waals surface area contributed by atoms with Crippen molar-refractivity contribution < 1.29 is 17.9 Å². The second kappa shape index (κ2) is 4.19. The fourth-order valence-corrected chi connectivity index (χ4v) is 2.62. The molecule has 92 valence electrons. The van der Waals surface area contributed by atoms with Gasteiger partial charge >= 0.3 is 6.03 Å². The Labute approximate surface area is 94.1 Å². The molecule has 2 amide bonds. The molecular weight excluding hydrogens is 234 g/mol. The summed E-state index contributed by atoms with van der Waals surface area (Å²) in [7, 11) is -3.55. The number of hydrogen-bond donors (Lipinski definition) is 2. The topological polar surface area (TPSA) is 87.7 Å². The van der Waals surface area contributed by atoms with Crippen molar-refractivity contribution in [3.8, 4) is 0 Å². The number of carbonyl (C=O) groups excluding carboxylic acids is 1. The Morgan fingerprint density at radius 1 is 1.56 bits per heavy atom. The molecule has 2 saturated heterocycles. The minimum Gasteiger partial charge on any atom is -0.375 e. The Morgan fingerprint density at radius 3 is 2.88 bits per heavy atom. The van der Waals surface area contributed by atoms with Gasteiger partial charge in [0.25, 0.3) is 10.0 Å². The molecule has 0 radical (unpaired) electrons. The third kappa shape index (κ3) is 2.00. The van der Waals surface area contributed by atoms with Gasteiger partial charge in [-0.25, -0.2) is 13.2 Å². The van der Waals surface area contributed by atoms with Gasteiger partial charge < -0.3 is 10.1 Å². The highest BCUT2D eigenvalue weighted by Crippen LogP contribution is 2.18. The zero-order chi connectivity index (χ0) is 11.8. The molecule has 0 aromatic rings. The van der Waals surface area contributed by atoms with E-state index in [1.54, 1.807) is 0 Å². The molecule has 2 rings (SSSR count). The van der Waals surface area contributed by atoms with Crippen molar-refractivity contribution in [3.63, 3.8) is 0 Å². The van der Waals surface area contributed by atoms with E-state index in [0.29, 0.717) is 11.0 Å². The van der Waals surface area contributed by atoms with Gasteiger partial charge in [0.15, 0.2) is 0 Å². The molecule has 0 aliphatic carbocycles. The number of nitrogens with one attached hydrogen (secondary N) is 2. The number of ether oxygens (including phenoxy) is 1. The van der Waals surface area contributed by atoms with E-state index in [0.717, 1.165) is 12.8 Å². The molecule has 0 aromatic heterocycles. The Balaban J connectivity index is 2.07. The van der Waals surface area contributed by atoms with E-state index in [1.165, 1.54) is 6.92 Å². The molecule has 0 saturated carbocycles. The van der Waals surface area contributed by atoms with Gasteiger partial charge in [-0.15, -0.1) is 4.41 Å². The van der Waals surface area contributed by atoms with Gasteiger partial charge in [0.05, 0.1) is 11.9 Å². The number of hydrazine groups is 1. The van der Waals surface area contributed by atoms with Gasteiger partial charge in [0.1, 0.15) is 6.17 Å². The first-order valence-electron chi connectivity index (χ1n) is 5.26. The molecule has 7 nitrogen and oxygen atoms in total. The van der Waals surface area contributed by atoms with Crippen molar-refractivity contribution in [2.24, 2.45) is 0 Å². The summed E-state index contributed by atoms with van der Waals surface area (Å²) in [5, 5.41) is 2.56. The van der Waals surface area contributed by atoms with Gasteiger partial charge in [0.2, 0.25) is 0 Å². The molecule has 2 atom stereocenters. The van der Waals surface area contributed by atoms with Crippen LogP contribution in [-0.4, -0.2) is 43.5 Å². The highest BCUT2D eigenvalue weighted by Gasteiger charge is 2.40. The van der Waals surface area contributed by atoms with Crippen LogP contribution in [0.15, 0.2) is 0 Å². The summed E-state index contributed by atoms with van der Waals surface area (Å²) in [6.45, 7) is 2.14. The van der Waals surface area contributed by atoms with Crippen molar-refractivity contribution in [1.29, 1.82) is 0 Å². The van der Waals surface area contributed by atoms with Crippen molar-refractivity contribution in [1.82, 2.24) is 15.2 Å². The van der Waals surface area contributed by atoms with Crippen LogP contribution >= 0.6 is 0 Å². The summed E-state index contributed by atoms with van der Waals surface area (Å²) < 4.78 is 29.1. The smallest absolute Gasteiger partial charge is 0.347 e. The first-order chi connectivity index (χ1) is 7.54. The average molecular weight is 249 g/mol. The van der Waals surface area contributed by atoms with Crippen LogP contribution in [0.1, 0.15) is 19.8 Å². The van der Waals surface area contributed by atoms with E-state index < -0.39 is 22.2 Å². The molecule has 2 aliphatic rings. The minimum atomic E-state index is -3.55. The number of amides is 2. The molecule has 0 bridgehead atoms. The van der Waals surface area contributed by atoms with E-state index in [9.17, 15) is 13.2 Å². The van der Waals surface area contributed by atoms with Crippen molar-refractivity contribution in [3.05, 3.63) is 0 Å². The second-order valence-electron chi connectivity index (χ2n) is 3.77. The quantitative estimate of drug-likeness (QED) is 0.695. The summed E-state index contributed by atoms with van der Waals surface area (Å²) in [5.41, 5.74) is 2.63. The molecule has 2 aliphatic heterocycles. The highest BCUT2D eigenvalue weighted by molar-refractivity contribution is 7.89. The molecule has 2 unspecified atom stereocenters. The lowest BCUT2D eigenvalue weighted by Gasteiger charge is -2.18. The van der Waals surface area contributed by atoms with Crippen molar-refractivity contribution in [2.75, 3.05) is 12.4 Å². The Hall–Kier alpha value is -0.860. The highest BCUT2D eigenvalue weighted by atomic mass is 32.2. The molecular formula is C8H15N3O4S. The van der Waals surface area contributed by atoms with E-state index in [2.05, 4.69) is 10.7 Å². The summed E-state index contributed by atoms with van der Waals surface area (Å²) in [5.74, 6) is -0.119. The first-order valence-corrected chi connectivity index (χ1v) is 6.87. The number of carbonyl (C=O) groups is 1. The van der Waals surface area contributed by atoms with Gasteiger partial charge in [-0.2, -0.15) is 5.43 Å². The third-order valence-electron chi connectivity index (χ3n) is 2.70. The van der Waals surface area contributed by atoms with Gasteiger partial charge in [-0.1, -0.05) is 0 Å². The Kier molecular flexibility index (Phi) is 3.04. The van der Waals surface area contributed by atoms with Crippen LogP contribution in [0, 0.1) is 0 Å². The van der Waals surface area contributed by atoms with Gasteiger partial charge in [-0.05, 0) is 19.8 Å². The average Bonchev–Trinajstić information content (AvgIpc) is 2.85. The van der Waals surface area contributed by atoms with E-state index in [-0.39, 0.29) is 11.9 Å². The lowest BCUT2D eigenvalue weighted by atomic mass is 10.2. The van der Waals surface area contributed by atoms with E-state index in [1.807, 2.05) is 0 Å². The number of urea groups is 1. The Bertz CT molecular complexity index is 377. The predicted octanol–water partition coefficient (Wildman–Crippen LogP) is -0.629. The van der Waals surface area contributed by atoms with Crippen LogP contribution in [0.4, 0.5) is 4.79 Å². The molecule has 2 N–H and O–H groups in total. The minimum absolute atomic E-state index is 0.119. The molecule has 0 spiro atoms. The maximum atomic E-state index is 11.5. The molecule has 16 heavy (non-hydrogen) atoms. The van der Waals surface area contributed by atoms with Crippen LogP contribution in [0.3, 0.4) is 0 Å². The lowest BCUT2D eigenvalue weighted by Crippen LogP contribution is -2.46. The lowest BCUT2D eigenvalue weighted by molar-refractivity contribution is 0.0725. The number of hydrogen-bond acceptors (Lipinski definition) is 5. The second-order valence-corrected chi connectivity index (χ2v) is 5.88. The Morgan fingerprint density at radius 2 is 2.31 bits per heavy atom. The van der Waals surface area contributed by atoms with Crippen LogP contribution < -0.4 is 10.7 Å². The molecule has 0 aromatic carbocycles. The van der Waals surface area contributed by atoms with Gasteiger partial charge in [0, 0.05) is 6.61 Å². The largest absolute Gasteiger partial charge is 0.375 e. The summed E-state index contributed by atoms with van der Waals surface area (Å²) in [4.78, 5) is 11.5.